The van der Waals surface area contributed by atoms with Crippen molar-refractivity contribution in [2.24, 2.45) is 14.1 Å². The highest BCUT2D eigenvalue weighted by Crippen LogP contribution is 2.11. The van der Waals surface area contributed by atoms with Gasteiger partial charge in [0.1, 0.15) is 5.82 Å². The fourth-order valence-electron chi connectivity index (χ4n) is 1.98. The summed E-state index contributed by atoms with van der Waals surface area (Å²) in [6.45, 7) is 0.693. The van der Waals surface area contributed by atoms with Gasteiger partial charge in [0.25, 0.3) is 5.56 Å². The Morgan fingerprint density at radius 2 is 1.95 bits per heavy atom. The quantitative estimate of drug-likeness (QED) is 0.731. The maximum Gasteiger partial charge on any atom is 0.332 e. The molecule has 0 saturated carbocycles. The molecule has 8 heteroatoms. The minimum absolute atomic E-state index is 0.173. The molecule has 0 N–H and O–H groups in total. The maximum absolute atomic E-state index is 12.1. The van der Waals surface area contributed by atoms with Crippen molar-refractivity contribution in [3.05, 3.63) is 26.7 Å². The molecule has 0 bridgehead atoms. The Hall–Kier alpha value is -1.60. The minimum atomic E-state index is -0.409. The molecule has 0 aliphatic heterocycles. The summed E-state index contributed by atoms with van der Waals surface area (Å²) in [6.07, 6.45) is 0. The lowest BCUT2D eigenvalue weighted by atomic mass is 10.5. The minimum Gasteiger partial charge on any atom is -0.383 e. The summed E-state index contributed by atoms with van der Waals surface area (Å²) in [6, 6.07) is 0. The van der Waals surface area contributed by atoms with Crippen molar-refractivity contribution in [3.63, 3.8) is 0 Å². The van der Waals surface area contributed by atoms with Crippen molar-refractivity contribution in [2.75, 3.05) is 13.7 Å². The standard InChI is InChI=1S/C11H15ClN4O3/c1-14-7(6-12)13-9-8(14)10(17)15(2)11(18)16(9)4-5-19-3/h4-6H2,1-3H3. The molecule has 19 heavy (non-hydrogen) atoms. The van der Waals surface area contributed by atoms with E-state index < -0.39 is 5.69 Å². The van der Waals surface area contributed by atoms with Gasteiger partial charge in [0.15, 0.2) is 11.2 Å². The third kappa shape index (κ3) is 2.08. The first-order valence-corrected chi connectivity index (χ1v) is 6.26. The molecule has 0 saturated heterocycles. The van der Waals surface area contributed by atoms with Crippen molar-refractivity contribution in [1.29, 1.82) is 0 Å². The molecule has 0 amide bonds. The summed E-state index contributed by atoms with van der Waals surface area (Å²) < 4.78 is 9.09. The largest absolute Gasteiger partial charge is 0.383 e. The van der Waals surface area contributed by atoms with Gasteiger partial charge >= 0.3 is 5.69 Å². The maximum atomic E-state index is 12.1. The number of hydrogen-bond donors (Lipinski definition) is 0. The van der Waals surface area contributed by atoms with Crippen LogP contribution < -0.4 is 11.2 Å². The van der Waals surface area contributed by atoms with Crippen LogP contribution in [0.2, 0.25) is 0 Å². The molecule has 0 aromatic carbocycles. The van der Waals surface area contributed by atoms with Crippen LogP contribution in [0.15, 0.2) is 9.59 Å². The number of aromatic nitrogens is 4. The Bertz CT molecular complexity index is 728. The van der Waals surface area contributed by atoms with Gasteiger partial charge < -0.3 is 9.30 Å². The highest BCUT2D eigenvalue weighted by atomic mass is 35.5. The Kier molecular flexibility index (Phi) is 3.77. The molecule has 2 aromatic heterocycles. The fraction of sp³-hybridized carbons (Fsp3) is 0.545. The van der Waals surface area contributed by atoms with Crippen LogP contribution in [0.3, 0.4) is 0 Å². The van der Waals surface area contributed by atoms with Crippen LogP contribution in [-0.4, -0.2) is 32.4 Å². The van der Waals surface area contributed by atoms with Crippen molar-refractivity contribution >= 4 is 22.8 Å². The van der Waals surface area contributed by atoms with E-state index in [1.54, 1.807) is 18.7 Å². The molecular weight excluding hydrogens is 272 g/mol. The average molecular weight is 287 g/mol. The molecule has 2 heterocycles. The van der Waals surface area contributed by atoms with E-state index in [9.17, 15) is 9.59 Å². The zero-order valence-corrected chi connectivity index (χ0v) is 11.8. The number of nitrogens with zero attached hydrogens (tertiary/aromatic N) is 4. The number of aryl methyl sites for hydroxylation is 1. The van der Waals surface area contributed by atoms with Crippen LogP contribution in [0.4, 0.5) is 0 Å². The van der Waals surface area contributed by atoms with Crippen LogP contribution in [0.1, 0.15) is 5.82 Å². The molecular formula is C11H15ClN4O3. The Morgan fingerprint density at radius 3 is 2.53 bits per heavy atom. The summed E-state index contributed by atoms with van der Waals surface area (Å²) in [5.41, 5.74) is -0.0639. The van der Waals surface area contributed by atoms with Crippen LogP contribution in [0.5, 0.6) is 0 Å². The van der Waals surface area contributed by atoms with Gasteiger partial charge in [-0.25, -0.2) is 9.78 Å². The van der Waals surface area contributed by atoms with Crippen LogP contribution in [-0.2, 0) is 31.3 Å². The zero-order valence-electron chi connectivity index (χ0n) is 11.0. The second-order valence-corrected chi connectivity index (χ2v) is 4.45. The SMILES string of the molecule is COCCn1c(=O)n(C)c(=O)c2c1nc(CCl)n2C. The van der Waals surface area contributed by atoms with E-state index in [0.717, 1.165) is 4.57 Å². The number of methoxy groups -OCH3 is 1. The molecule has 7 nitrogen and oxygen atoms in total. The van der Waals surface area contributed by atoms with E-state index in [0.29, 0.717) is 30.1 Å². The smallest absolute Gasteiger partial charge is 0.332 e. The van der Waals surface area contributed by atoms with E-state index in [2.05, 4.69) is 4.98 Å². The third-order valence-corrected chi connectivity index (χ3v) is 3.33. The first-order valence-electron chi connectivity index (χ1n) is 5.73. The summed E-state index contributed by atoms with van der Waals surface area (Å²) >= 11 is 5.79. The number of fused-ring (bicyclic) bond motifs is 1. The summed E-state index contributed by atoms with van der Waals surface area (Å²) in [5.74, 6) is 0.720. The van der Waals surface area contributed by atoms with E-state index >= 15 is 0 Å². The molecule has 0 spiro atoms. The second kappa shape index (κ2) is 5.18. The molecule has 0 aliphatic rings. The van der Waals surface area contributed by atoms with Gasteiger partial charge in [0, 0.05) is 21.2 Å². The molecule has 0 unspecified atom stereocenters. The highest BCUT2D eigenvalue weighted by Gasteiger charge is 2.17. The Morgan fingerprint density at radius 1 is 1.26 bits per heavy atom. The van der Waals surface area contributed by atoms with Crippen molar-refractivity contribution in [1.82, 2.24) is 18.7 Å². The lowest BCUT2D eigenvalue weighted by Gasteiger charge is -2.08. The number of imidazole rings is 1. The van der Waals surface area contributed by atoms with Gasteiger partial charge in [-0.3, -0.25) is 13.9 Å². The number of ether oxygens (including phenoxy) is 1. The van der Waals surface area contributed by atoms with E-state index in [1.165, 1.54) is 11.6 Å². The van der Waals surface area contributed by atoms with Crippen LogP contribution in [0.25, 0.3) is 11.2 Å². The fourth-order valence-corrected chi connectivity index (χ4v) is 2.22. The van der Waals surface area contributed by atoms with Gasteiger partial charge in [-0.05, 0) is 0 Å². The van der Waals surface area contributed by atoms with Gasteiger partial charge in [0.2, 0.25) is 0 Å². The van der Waals surface area contributed by atoms with Crippen LogP contribution >= 0.6 is 11.6 Å². The van der Waals surface area contributed by atoms with Gasteiger partial charge in [-0.2, -0.15) is 0 Å². The number of alkyl halides is 1. The summed E-state index contributed by atoms with van der Waals surface area (Å²) in [7, 11) is 4.70. The lowest BCUT2D eigenvalue weighted by Crippen LogP contribution is -2.39. The lowest BCUT2D eigenvalue weighted by molar-refractivity contribution is 0.186. The number of hydrogen-bond acceptors (Lipinski definition) is 4. The Labute approximate surface area is 114 Å². The van der Waals surface area contributed by atoms with Crippen molar-refractivity contribution in [2.45, 2.75) is 12.4 Å². The van der Waals surface area contributed by atoms with Crippen LogP contribution in [0, 0.1) is 0 Å². The molecule has 104 valence electrons. The van der Waals surface area contributed by atoms with Gasteiger partial charge in [0.05, 0.1) is 19.0 Å². The highest BCUT2D eigenvalue weighted by molar-refractivity contribution is 6.16. The normalized spacial score (nSPS) is 11.4. The molecule has 0 atom stereocenters. The van der Waals surface area contributed by atoms with E-state index in [4.69, 9.17) is 16.3 Å². The summed E-state index contributed by atoms with van der Waals surface area (Å²) in [5, 5.41) is 0. The molecule has 0 aliphatic carbocycles. The topological polar surface area (TPSA) is 71.1 Å². The first-order chi connectivity index (χ1) is 9.02. The van der Waals surface area contributed by atoms with Gasteiger partial charge in [-0.1, -0.05) is 0 Å². The van der Waals surface area contributed by atoms with E-state index in [-0.39, 0.29) is 11.4 Å². The predicted octanol–water partition coefficient (Wildman–Crippen LogP) is -0.181. The van der Waals surface area contributed by atoms with Gasteiger partial charge in [-0.15, -0.1) is 11.6 Å². The first kappa shape index (κ1) is 13.8. The zero-order chi connectivity index (χ0) is 14.2. The van der Waals surface area contributed by atoms with Crippen molar-refractivity contribution < 1.29 is 4.74 Å². The summed E-state index contributed by atoms with van der Waals surface area (Å²) in [4.78, 5) is 28.5. The Balaban J connectivity index is 2.87. The van der Waals surface area contributed by atoms with E-state index in [1.807, 2.05) is 0 Å². The third-order valence-electron chi connectivity index (χ3n) is 3.09. The molecule has 2 aromatic rings. The molecule has 0 fully saturated rings. The second-order valence-electron chi connectivity index (χ2n) is 4.18. The molecule has 0 radical (unpaired) electrons. The predicted molar refractivity (Wildman–Crippen MR) is 71.6 cm³/mol. The van der Waals surface area contributed by atoms with Crippen molar-refractivity contribution in [3.8, 4) is 0 Å². The average Bonchev–Trinajstić information content (AvgIpc) is 2.73. The number of halogens is 1. The monoisotopic (exact) mass is 286 g/mol. The molecule has 2 rings (SSSR count). The number of rotatable bonds is 4.